The van der Waals surface area contributed by atoms with Crippen LogP contribution in [0.15, 0.2) is 30.3 Å². The van der Waals surface area contributed by atoms with Gasteiger partial charge in [0.25, 0.3) is 0 Å². The van der Waals surface area contributed by atoms with Gasteiger partial charge in [-0.2, -0.15) is 0 Å². The molecule has 0 aliphatic carbocycles. The van der Waals surface area contributed by atoms with Gasteiger partial charge in [0, 0.05) is 12.2 Å². The van der Waals surface area contributed by atoms with Crippen molar-refractivity contribution in [1.82, 2.24) is 0 Å². The van der Waals surface area contributed by atoms with Crippen LogP contribution in [0.5, 0.6) is 0 Å². The highest BCUT2D eigenvalue weighted by Gasteiger charge is 2.31. The van der Waals surface area contributed by atoms with E-state index in [1.807, 2.05) is 45.1 Å². The van der Waals surface area contributed by atoms with Gasteiger partial charge in [-0.15, -0.1) is 0 Å². The second-order valence-electron chi connectivity index (χ2n) is 6.94. The predicted octanol–water partition coefficient (Wildman–Crippen LogP) is 3.89. The molecule has 21 heavy (non-hydrogen) atoms. The van der Waals surface area contributed by atoms with Gasteiger partial charge in [-0.3, -0.25) is 0 Å². The van der Waals surface area contributed by atoms with Crippen LogP contribution >= 0.6 is 0 Å². The highest BCUT2D eigenvalue weighted by molar-refractivity contribution is 5.88. The topological polar surface area (TPSA) is 29.5 Å². The van der Waals surface area contributed by atoms with Gasteiger partial charge in [-0.05, 0) is 38.3 Å². The quantitative estimate of drug-likeness (QED) is 0.790. The standard InChI is InChI=1S/C18H25NO2/c1-13(2)12-19-15-9-7-6-8-14(15)10-11-16(19)17(20)21-18(3,4)5/h6-11,13,16H,12H2,1-5H3. The monoisotopic (exact) mass is 287 g/mol. The van der Waals surface area contributed by atoms with Gasteiger partial charge in [-0.1, -0.05) is 44.2 Å². The highest BCUT2D eigenvalue weighted by Crippen LogP contribution is 2.30. The van der Waals surface area contributed by atoms with E-state index in [4.69, 9.17) is 4.74 Å². The van der Waals surface area contributed by atoms with Crippen molar-refractivity contribution in [3.05, 3.63) is 35.9 Å². The summed E-state index contributed by atoms with van der Waals surface area (Å²) in [5.74, 6) is 0.281. The molecule has 114 valence electrons. The van der Waals surface area contributed by atoms with Gasteiger partial charge in [0.1, 0.15) is 11.6 Å². The van der Waals surface area contributed by atoms with Crippen molar-refractivity contribution < 1.29 is 9.53 Å². The number of rotatable bonds is 3. The molecule has 0 N–H and O–H groups in total. The van der Waals surface area contributed by atoms with Crippen molar-refractivity contribution >= 4 is 17.7 Å². The van der Waals surface area contributed by atoms with Crippen molar-refractivity contribution in [2.75, 3.05) is 11.4 Å². The van der Waals surface area contributed by atoms with Gasteiger partial charge in [0.15, 0.2) is 0 Å². The Balaban J connectivity index is 2.31. The number of anilines is 1. The maximum Gasteiger partial charge on any atom is 0.333 e. The number of hydrogen-bond donors (Lipinski definition) is 0. The van der Waals surface area contributed by atoms with Crippen LogP contribution < -0.4 is 4.90 Å². The van der Waals surface area contributed by atoms with Crippen molar-refractivity contribution in [1.29, 1.82) is 0 Å². The molecule has 3 heteroatoms. The molecule has 0 saturated heterocycles. The Morgan fingerprint density at radius 2 is 1.95 bits per heavy atom. The van der Waals surface area contributed by atoms with Crippen LogP contribution in [0, 0.1) is 5.92 Å². The van der Waals surface area contributed by atoms with E-state index in [9.17, 15) is 4.79 Å². The highest BCUT2D eigenvalue weighted by atomic mass is 16.6. The minimum atomic E-state index is -0.467. The Morgan fingerprint density at radius 3 is 2.57 bits per heavy atom. The fourth-order valence-corrected chi connectivity index (χ4v) is 2.51. The Morgan fingerprint density at radius 1 is 1.29 bits per heavy atom. The molecule has 0 bridgehead atoms. The first kappa shape index (κ1) is 15.6. The van der Waals surface area contributed by atoms with Gasteiger partial charge in [0.05, 0.1) is 0 Å². The first-order chi connectivity index (χ1) is 9.78. The Hall–Kier alpha value is -1.77. The Kier molecular flexibility index (Phi) is 4.40. The normalized spacial score (nSPS) is 17.8. The lowest BCUT2D eigenvalue weighted by Crippen LogP contribution is -2.46. The zero-order valence-corrected chi connectivity index (χ0v) is 13.6. The number of ether oxygens (including phenoxy) is 1. The molecule has 0 radical (unpaired) electrons. The molecule has 1 heterocycles. The van der Waals surface area contributed by atoms with Gasteiger partial charge >= 0.3 is 5.97 Å². The summed E-state index contributed by atoms with van der Waals surface area (Å²) in [5, 5.41) is 0. The molecule has 0 fully saturated rings. The molecule has 0 saturated carbocycles. The molecule has 0 amide bonds. The third-order valence-electron chi connectivity index (χ3n) is 3.25. The van der Waals surface area contributed by atoms with E-state index < -0.39 is 5.60 Å². The van der Waals surface area contributed by atoms with Crippen LogP contribution in [0.25, 0.3) is 6.08 Å². The zero-order valence-electron chi connectivity index (χ0n) is 13.6. The van der Waals surface area contributed by atoms with Crippen molar-refractivity contribution in [3.8, 4) is 0 Å². The second kappa shape index (κ2) is 5.92. The summed E-state index contributed by atoms with van der Waals surface area (Å²) in [6.07, 6.45) is 3.96. The molecule has 3 nitrogen and oxygen atoms in total. The molecule has 1 aromatic carbocycles. The first-order valence-electron chi connectivity index (χ1n) is 7.54. The van der Waals surface area contributed by atoms with E-state index >= 15 is 0 Å². The number of para-hydroxylation sites is 1. The van der Waals surface area contributed by atoms with Crippen LogP contribution in [0.3, 0.4) is 0 Å². The molecular formula is C18H25NO2. The molecule has 0 aromatic heterocycles. The molecule has 0 spiro atoms. The number of nitrogens with zero attached hydrogens (tertiary/aromatic N) is 1. The average molecular weight is 287 g/mol. The maximum absolute atomic E-state index is 12.5. The zero-order chi connectivity index (χ0) is 15.6. The molecule has 1 atom stereocenters. The number of esters is 1. The van der Waals surface area contributed by atoms with Crippen LogP contribution in [0.4, 0.5) is 5.69 Å². The van der Waals surface area contributed by atoms with E-state index in [1.165, 1.54) is 0 Å². The Bertz CT molecular complexity index is 540. The smallest absolute Gasteiger partial charge is 0.333 e. The van der Waals surface area contributed by atoms with E-state index in [0.717, 1.165) is 17.8 Å². The number of hydrogen-bond acceptors (Lipinski definition) is 3. The number of carbonyl (C=O) groups excluding carboxylic acids is 1. The van der Waals surface area contributed by atoms with Crippen molar-refractivity contribution in [3.63, 3.8) is 0 Å². The minimum absolute atomic E-state index is 0.186. The van der Waals surface area contributed by atoms with Crippen molar-refractivity contribution in [2.24, 2.45) is 5.92 Å². The summed E-state index contributed by atoms with van der Waals surface area (Å²) in [6.45, 7) is 10.8. The lowest BCUT2D eigenvalue weighted by atomic mass is 10.0. The first-order valence-corrected chi connectivity index (χ1v) is 7.54. The van der Waals surface area contributed by atoms with Gasteiger partial charge < -0.3 is 9.64 Å². The molecular weight excluding hydrogens is 262 g/mol. The summed E-state index contributed by atoms with van der Waals surface area (Å²) in [6, 6.07) is 7.83. The van der Waals surface area contributed by atoms with E-state index in [0.29, 0.717) is 5.92 Å². The molecule has 1 aromatic rings. The average Bonchev–Trinajstić information content (AvgIpc) is 2.36. The van der Waals surface area contributed by atoms with Crippen LogP contribution in [-0.4, -0.2) is 24.2 Å². The van der Waals surface area contributed by atoms with Crippen molar-refractivity contribution in [2.45, 2.75) is 46.3 Å². The lowest BCUT2D eigenvalue weighted by molar-refractivity contribution is -0.155. The molecule has 1 unspecified atom stereocenters. The van der Waals surface area contributed by atoms with Gasteiger partial charge in [-0.25, -0.2) is 4.79 Å². The molecule has 1 aliphatic rings. The summed E-state index contributed by atoms with van der Waals surface area (Å²) >= 11 is 0. The second-order valence-corrected chi connectivity index (χ2v) is 6.94. The summed E-state index contributed by atoms with van der Waals surface area (Å²) in [7, 11) is 0. The summed E-state index contributed by atoms with van der Waals surface area (Å²) in [5.41, 5.74) is 1.79. The predicted molar refractivity (Wildman–Crippen MR) is 87.3 cm³/mol. The SMILES string of the molecule is CC(C)CN1c2ccccc2C=CC1C(=O)OC(C)(C)C. The van der Waals surface area contributed by atoms with E-state index in [-0.39, 0.29) is 12.0 Å². The number of benzene rings is 1. The minimum Gasteiger partial charge on any atom is -0.458 e. The van der Waals surface area contributed by atoms with Gasteiger partial charge in [0.2, 0.25) is 0 Å². The van der Waals surface area contributed by atoms with E-state index in [2.05, 4.69) is 30.9 Å². The lowest BCUT2D eigenvalue weighted by Gasteiger charge is -2.36. The summed E-state index contributed by atoms with van der Waals surface area (Å²) in [4.78, 5) is 14.6. The number of carbonyl (C=O) groups is 1. The van der Waals surface area contributed by atoms with Crippen LogP contribution in [0.1, 0.15) is 40.2 Å². The summed E-state index contributed by atoms with van der Waals surface area (Å²) < 4.78 is 5.57. The third kappa shape index (κ3) is 3.87. The van der Waals surface area contributed by atoms with Crippen LogP contribution in [0.2, 0.25) is 0 Å². The fourth-order valence-electron chi connectivity index (χ4n) is 2.51. The molecule has 1 aliphatic heterocycles. The molecule has 2 rings (SSSR count). The Labute approximate surface area is 127 Å². The third-order valence-corrected chi connectivity index (χ3v) is 3.25. The largest absolute Gasteiger partial charge is 0.458 e. The number of fused-ring (bicyclic) bond motifs is 1. The van der Waals surface area contributed by atoms with E-state index in [1.54, 1.807) is 0 Å². The maximum atomic E-state index is 12.5. The van der Waals surface area contributed by atoms with Crippen LogP contribution in [-0.2, 0) is 9.53 Å². The fraction of sp³-hybridized carbons (Fsp3) is 0.500.